The first kappa shape index (κ1) is 19.1. The van der Waals surface area contributed by atoms with Gasteiger partial charge in [-0.25, -0.2) is 0 Å². The molecule has 0 radical (unpaired) electrons. The fourth-order valence-electron chi connectivity index (χ4n) is 3.39. The summed E-state index contributed by atoms with van der Waals surface area (Å²) < 4.78 is 0. The number of aromatic nitrogens is 1. The van der Waals surface area contributed by atoms with Crippen LogP contribution < -0.4 is 0 Å². The lowest BCUT2D eigenvalue weighted by atomic mass is 10.0. The van der Waals surface area contributed by atoms with Gasteiger partial charge in [-0.1, -0.05) is 30.3 Å². The van der Waals surface area contributed by atoms with E-state index in [1.54, 1.807) is 29.2 Å². The SMILES string of the molecule is CCN(Cc1ccccc1)C(=O)C1(C(=O)N(C)CCc2ccncc2)CC1. The first-order chi connectivity index (χ1) is 13.1. The Labute approximate surface area is 161 Å². The van der Waals surface area contributed by atoms with E-state index in [0.717, 1.165) is 17.5 Å². The second-order valence-corrected chi connectivity index (χ2v) is 7.22. The fraction of sp³-hybridized carbons (Fsp3) is 0.409. The highest BCUT2D eigenvalue weighted by molar-refractivity contribution is 6.07. The van der Waals surface area contributed by atoms with Gasteiger partial charge < -0.3 is 9.80 Å². The minimum atomic E-state index is -0.849. The van der Waals surface area contributed by atoms with E-state index >= 15 is 0 Å². The third-order valence-corrected chi connectivity index (χ3v) is 5.29. The lowest BCUT2D eigenvalue weighted by Gasteiger charge is -2.29. The minimum absolute atomic E-state index is 0.0328. The third kappa shape index (κ3) is 4.35. The van der Waals surface area contributed by atoms with Crippen molar-refractivity contribution in [3.63, 3.8) is 0 Å². The van der Waals surface area contributed by atoms with Crippen LogP contribution in [0.4, 0.5) is 0 Å². The molecule has 1 heterocycles. The largest absolute Gasteiger partial charge is 0.344 e. The Kier molecular flexibility index (Phi) is 5.89. The zero-order valence-electron chi connectivity index (χ0n) is 16.1. The van der Waals surface area contributed by atoms with Crippen molar-refractivity contribution in [2.24, 2.45) is 5.41 Å². The molecule has 2 amide bonds. The zero-order chi connectivity index (χ0) is 19.3. The molecule has 0 aliphatic heterocycles. The minimum Gasteiger partial charge on any atom is -0.344 e. The van der Waals surface area contributed by atoms with Crippen LogP contribution in [0.25, 0.3) is 0 Å². The van der Waals surface area contributed by atoms with Crippen molar-refractivity contribution in [3.8, 4) is 0 Å². The van der Waals surface area contributed by atoms with Gasteiger partial charge >= 0.3 is 0 Å². The quantitative estimate of drug-likeness (QED) is 0.676. The summed E-state index contributed by atoms with van der Waals surface area (Å²) in [5, 5.41) is 0. The van der Waals surface area contributed by atoms with E-state index < -0.39 is 5.41 Å². The maximum atomic E-state index is 13.2. The molecule has 1 aromatic heterocycles. The van der Waals surface area contributed by atoms with E-state index in [1.165, 1.54) is 0 Å². The summed E-state index contributed by atoms with van der Waals surface area (Å²) >= 11 is 0. The molecule has 2 aromatic rings. The molecule has 1 saturated carbocycles. The highest BCUT2D eigenvalue weighted by Crippen LogP contribution is 2.48. The smallest absolute Gasteiger partial charge is 0.238 e. The van der Waals surface area contributed by atoms with Crippen LogP contribution in [0.3, 0.4) is 0 Å². The van der Waals surface area contributed by atoms with Crippen LogP contribution in [0.5, 0.6) is 0 Å². The number of hydrogen-bond donors (Lipinski definition) is 0. The molecule has 1 aliphatic carbocycles. The standard InChI is InChI=1S/C22H27N3O2/c1-3-25(17-19-7-5-4-6-8-19)21(27)22(12-13-22)20(26)24(2)16-11-18-9-14-23-15-10-18/h4-10,14-15H,3,11-13,16-17H2,1-2H3. The molecule has 0 N–H and O–H groups in total. The summed E-state index contributed by atoms with van der Waals surface area (Å²) in [4.78, 5) is 33.7. The molecule has 27 heavy (non-hydrogen) atoms. The molecule has 0 bridgehead atoms. The summed E-state index contributed by atoms with van der Waals surface area (Å²) in [5.41, 5.74) is 1.37. The van der Waals surface area contributed by atoms with E-state index in [-0.39, 0.29) is 11.8 Å². The van der Waals surface area contributed by atoms with Crippen LogP contribution in [-0.4, -0.2) is 46.7 Å². The zero-order valence-corrected chi connectivity index (χ0v) is 16.1. The van der Waals surface area contributed by atoms with Crippen LogP contribution >= 0.6 is 0 Å². The van der Waals surface area contributed by atoms with Gasteiger partial charge in [0.2, 0.25) is 11.8 Å². The third-order valence-electron chi connectivity index (χ3n) is 5.29. The molecule has 1 aromatic carbocycles. The normalized spacial score (nSPS) is 14.4. The van der Waals surface area contributed by atoms with Crippen molar-refractivity contribution in [3.05, 3.63) is 66.0 Å². The van der Waals surface area contributed by atoms with Gasteiger partial charge in [0.25, 0.3) is 0 Å². The Morgan fingerprint density at radius 3 is 2.26 bits per heavy atom. The van der Waals surface area contributed by atoms with Gasteiger partial charge in [-0.05, 0) is 49.4 Å². The molecule has 0 saturated heterocycles. The van der Waals surface area contributed by atoms with E-state index in [2.05, 4.69) is 4.98 Å². The van der Waals surface area contributed by atoms with Gasteiger partial charge in [-0.2, -0.15) is 0 Å². The van der Waals surface area contributed by atoms with Crippen LogP contribution in [-0.2, 0) is 22.6 Å². The molecule has 0 spiro atoms. The molecular formula is C22H27N3O2. The van der Waals surface area contributed by atoms with Crippen LogP contribution in [0.2, 0.25) is 0 Å². The number of pyridine rings is 1. The number of nitrogens with zero attached hydrogens (tertiary/aromatic N) is 3. The van der Waals surface area contributed by atoms with Crippen molar-refractivity contribution in [2.75, 3.05) is 20.1 Å². The molecule has 0 atom stereocenters. The number of carbonyl (C=O) groups is 2. The highest BCUT2D eigenvalue weighted by Gasteiger charge is 2.58. The summed E-state index contributed by atoms with van der Waals surface area (Å²) in [6.07, 6.45) is 5.57. The topological polar surface area (TPSA) is 53.5 Å². The summed E-state index contributed by atoms with van der Waals surface area (Å²) in [6.45, 7) is 3.71. The molecule has 142 valence electrons. The van der Waals surface area contributed by atoms with Crippen molar-refractivity contribution >= 4 is 11.8 Å². The Hall–Kier alpha value is -2.69. The monoisotopic (exact) mass is 365 g/mol. The Morgan fingerprint density at radius 2 is 1.67 bits per heavy atom. The van der Waals surface area contributed by atoms with Gasteiger partial charge in [0.05, 0.1) is 0 Å². The first-order valence-corrected chi connectivity index (χ1v) is 9.54. The molecule has 5 nitrogen and oxygen atoms in total. The molecule has 3 rings (SSSR count). The lowest BCUT2D eigenvalue weighted by Crippen LogP contribution is -2.46. The molecule has 5 heteroatoms. The average Bonchev–Trinajstić information content (AvgIpc) is 3.52. The second-order valence-electron chi connectivity index (χ2n) is 7.22. The summed E-state index contributed by atoms with van der Waals surface area (Å²) in [6, 6.07) is 13.8. The predicted octanol–water partition coefficient (Wildman–Crippen LogP) is 2.91. The average molecular weight is 365 g/mol. The first-order valence-electron chi connectivity index (χ1n) is 9.54. The summed E-state index contributed by atoms with van der Waals surface area (Å²) in [5.74, 6) is -0.0809. The van der Waals surface area contributed by atoms with E-state index in [0.29, 0.717) is 32.5 Å². The van der Waals surface area contributed by atoms with Crippen LogP contribution in [0, 0.1) is 5.41 Å². The van der Waals surface area contributed by atoms with Crippen LogP contribution in [0.1, 0.15) is 30.9 Å². The van der Waals surface area contributed by atoms with E-state index in [9.17, 15) is 9.59 Å². The Bertz CT molecular complexity index is 773. The Morgan fingerprint density at radius 1 is 1.00 bits per heavy atom. The number of benzene rings is 1. The molecule has 0 unspecified atom stereocenters. The predicted molar refractivity (Wildman–Crippen MR) is 105 cm³/mol. The number of rotatable bonds is 8. The van der Waals surface area contributed by atoms with Crippen LogP contribution in [0.15, 0.2) is 54.9 Å². The number of likely N-dealkylation sites (N-methyl/N-ethyl adjacent to an activating group) is 1. The van der Waals surface area contributed by atoms with E-state index in [1.807, 2.05) is 49.4 Å². The lowest BCUT2D eigenvalue weighted by molar-refractivity contribution is -0.149. The van der Waals surface area contributed by atoms with E-state index in [4.69, 9.17) is 0 Å². The fourth-order valence-corrected chi connectivity index (χ4v) is 3.39. The van der Waals surface area contributed by atoms with Gasteiger partial charge in [0, 0.05) is 39.1 Å². The number of hydrogen-bond acceptors (Lipinski definition) is 3. The van der Waals surface area contributed by atoms with Gasteiger partial charge in [-0.15, -0.1) is 0 Å². The van der Waals surface area contributed by atoms with Crippen molar-refractivity contribution in [1.29, 1.82) is 0 Å². The maximum absolute atomic E-state index is 13.2. The number of carbonyl (C=O) groups excluding carboxylic acids is 2. The van der Waals surface area contributed by atoms with Crippen molar-refractivity contribution in [1.82, 2.24) is 14.8 Å². The van der Waals surface area contributed by atoms with Gasteiger partial charge in [0.15, 0.2) is 0 Å². The second kappa shape index (κ2) is 8.33. The van der Waals surface area contributed by atoms with Crippen molar-refractivity contribution in [2.45, 2.75) is 32.7 Å². The number of amides is 2. The molecule has 1 fully saturated rings. The molecular weight excluding hydrogens is 338 g/mol. The summed E-state index contributed by atoms with van der Waals surface area (Å²) in [7, 11) is 1.80. The molecule has 1 aliphatic rings. The van der Waals surface area contributed by atoms with Gasteiger partial charge in [-0.3, -0.25) is 14.6 Å². The Balaban J connectivity index is 1.63. The van der Waals surface area contributed by atoms with Gasteiger partial charge in [0.1, 0.15) is 5.41 Å². The van der Waals surface area contributed by atoms with Crippen molar-refractivity contribution < 1.29 is 9.59 Å². The maximum Gasteiger partial charge on any atom is 0.238 e. The highest BCUT2D eigenvalue weighted by atomic mass is 16.2.